The van der Waals surface area contributed by atoms with Crippen molar-refractivity contribution in [3.8, 4) is 0 Å². The fourth-order valence-corrected chi connectivity index (χ4v) is 3.63. The second kappa shape index (κ2) is 6.44. The highest BCUT2D eigenvalue weighted by Gasteiger charge is 2.42. The summed E-state index contributed by atoms with van der Waals surface area (Å²) in [5, 5.41) is 0. The first-order chi connectivity index (χ1) is 11.4. The molecule has 0 aromatic rings. The van der Waals surface area contributed by atoms with Gasteiger partial charge in [0.05, 0.1) is 12.2 Å². The van der Waals surface area contributed by atoms with Crippen LogP contribution in [0.15, 0.2) is 58.9 Å². The van der Waals surface area contributed by atoms with Gasteiger partial charge in [0.2, 0.25) is 0 Å². The average molecular weight is 326 g/mol. The van der Waals surface area contributed by atoms with Gasteiger partial charge in [0, 0.05) is 30.3 Å². The summed E-state index contributed by atoms with van der Waals surface area (Å²) < 4.78 is 6.17. The number of rotatable bonds is 5. The van der Waals surface area contributed by atoms with Crippen LogP contribution < -0.4 is 5.73 Å². The molecule has 1 saturated heterocycles. The molecule has 0 saturated carbocycles. The fourth-order valence-electron chi connectivity index (χ4n) is 3.63. The van der Waals surface area contributed by atoms with Crippen molar-refractivity contribution in [2.24, 2.45) is 11.7 Å². The molecule has 1 amide bonds. The van der Waals surface area contributed by atoms with Crippen LogP contribution in [0.5, 0.6) is 0 Å². The van der Waals surface area contributed by atoms with Gasteiger partial charge in [-0.2, -0.15) is 0 Å². The SMILES string of the molecule is C=C(C)/C(C(=O)N1CC[C@H](OC2C=C(N)C3=C[C@@H]32)C1)=C(C)\C=C/C. The van der Waals surface area contributed by atoms with E-state index in [2.05, 4.69) is 12.7 Å². The highest BCUT2D eigenvalue weighted by atomic mass is 16.5. The lowest BCUT2D eigenvalue weighted by molar-refractivity contribution is -0.126. The Hall–Kier alpha value is -2.07. The molecule has 1 heterocycles. The summed E-state index contributed by atoms with van der Waals surface area (Å²) in [6.45, 7) is 11.1. The topological polar surface area (TPSA) is 55.6 Å². The Bertz CT molecular complexity index is 696. The van der Waals surface area contributed by atoms with Gasteiger partial charge in [0.1, 0.15) is 0 Å². The smallest absolute Gasteiger partial charge is 0.254 e. The first-order valence-corrected chi connectivity index (χ1v) is 8.56. The van der Waals surface area contributed by atoms with E-state index in [1.54, 1.807) is 0 Å². The molecule has 2 aliphatic carbocycles. The Morgan fingerprint density at radius 3 is 2.71 bits per heavy atom. The minimum absolute atomic E-state index is 0.0518. The van der Waals surface area contributed by atoms with Crippen molar-refractivity contribution in [3.63, 3.8) is 0 Å². The number of hydrogen-bond acceptors (Lipinski definition) is 3. The molecule has 0 spiro atoms. The molecule has 0 bridgehead atoms. The Morgan fingerprint density at radius 1 is 1.42 bits per heavy atom. The zero-order valence-electron chi connectivity index (χ0n) is 14.7. The van der Waals surface area contributed by atoms with Crippen LogP contribution in [0.1, 0.15) is 27.2 Å². The van der Waals surface area contributed by atoms with Crippen molar-refractivity contribution >= 4 is 5.91 Å². The lowest BCUT2D eigenvalue weighted by Gasteiger charge is -2.21. The summed E-state index contributed by atoms with van der Waals surface area (Å²) >= 11 is 0. The highest BCUT2D eigenvalue weighted by molar-refractivity contribution is 5.98. The zero-order valence-corrected chi connectivity index (χ0v) is 14.7. The van der Waals surface area contributed by atoms with Crippen LogP contribution in [0.25, 0.3) is 0 Å². The van der Waals surface area contributed by atoms with Crippen LogP contribution in [-0.2, 0) is 9.53 Å². The van der Waals surface area contributed by atoms with Crippen LogP contribution in [0.4, 0.5) is 0 Å². The van der Waals surface area contributed by atoms with E-state index in [9.17, 15) is 4.79 Å². The Balaban J connectivity index is 1.63. The third kappa shape index (κ3) is 3.11. The van der Waals surface area contributed by atoms with Crippen molar-refractivity contribution in [2.75, 3.05) is 13.1 Å². The molecule has 4 heteroatoms. The number of likely N-dealkylation sites (tertiary alicyclic amines) is 1. The van der Waals surface area contributed by atoms with Crippen LogP contribution in [-0.4, -0.2) is 36.1 Å². The molecule has 4 nitrogen and oxygen atoms in total. The molecule has 3 rings (SSSR count). The van der Waals surface area contributed by atoms with Gasteiger partial charge in [-0.15, -0.1) is 0 Å². The summed E-state index contributed by atoms with van der Waals surface area (Å²) in [5.74, 6) is 0.425. The van der Waals surface area contributed by atoms with Crippen LogP contribution in [0.3, 0.4) is 0 Å². The maximum atomic E-state index is 12.9. The second-order valence-corrected chi connectivity index (χ2v) is 6.87. The third-order valence-corrected chi connectivity index (χ3v) is 4.87. The first-order valence-electron chi connectivity index (χ1n) is 8.56. The number of carbonyl (C=O) groups excluding carboxylic acids is 1. The van der Waals surface area contributed by atoms with Crippen molar-refractivity contribution in [3.05, 3.63) is 58.9 Å². The van der Waals surface area contributed by atoms with E-state index < -0.39 is 0 Å². The van der Waals surface area contributed by atoms with Crippen LogP contribution in [0, 0.1) is 5.92 Å². The summed E-state index contributed by atoms with van der Waals surface area (Å²) in [6.07, 6.45) is 9.05. The van der Waals surface area contributed by atoms with E-state index in [1.165, 1.54) is 5.57 Å². The summed E-state index contributed by atoms with van der Waals surface area (Å²) in [7, 11) is 0. The normalized spacial score (nSPS) is 29.3. The van der Waals surface area contributed by atoms with E-state index in [0.29, 0.717) is 18.0 Å². The first kappa shape index (κ1) is 16.8. The molecule has 1 aliphatic heterocycles. The van der Waals surface area contributed by atoms with Crippen molar-refractivity contribution in [1.82, 2.24) is 4.90 Å². The van der Waals surface area contributed by atoms with Gasteiger partial charge in [-0.25, -0.2) is 0 Å². The predicted octanol–water partition coefficient (Wildman–Crippen LogP) is 2.85. The maximum absolute atomic E-state index is 12.9. The summed E-state index contributed by atoms with van der Waals surface area (Å²) in [6, 6.07) is 0. The molecule has 1 fully saturated rings. The van der Waals surface area contributed by atoms with E-state index >= 15 is 0 Å². The van der Waals surface area contributed by atoms with Crippen LogP contribution >= 0.6 is 0 Å². The molecule has 0 aromatic carbocycles. The van der Waals surface area contributed by atoms with Crippen molar-refractivity contribution in [2.45, 2.75) is 39.4 Å². The molecule has 2 N–H and O–H groups in total. The number of amides is 1. The van der Waals surface area contributed by atoms with Crippen LogP contribution in [0.2, 0.25) is 0 Å². The number of fused-ring (bicyclic) bond motifs is 1. The molecule has 3 aliphatic rings. The highest BCUT2D eigenvalue weighted by Crippen LogP contribution is 2.44. The molecule has 3 atom stereocenters. The number of hydrogen-bond donors (Lipinski definition) is 1. The number of nitrogens with two attached hydrogens (primary N) is 1. The number of carbonyl (C=O) groups is 1. The fraction of sp³-hybridized carbons (Fsp3) is 0.450. The van der Waals surface area contributed by atoms with Gasteiger partial charge < -0.3 is 15.4 Å². The van der Waals surface area contributed by atoms with E-state index in [4.69, 9.17) is 10.5 Å². The molecular weight excluding hydrogens is 300 g/mol. The van der Waals surface area contributed by atoms with E-state index in [1.807, 2.05) is 43.9 Å². The molecule has 1 unspecified atom stereocenters. The monoisotopic (exact) mass is 326 g/mol. The number of allylic oxidation sites excluding steroid dienone is 4. The van der Waals surface area contributed by atoms with Crippen molar-refractivity contribution < 1.29 is 9.53 Å². The van der Waals surface area contributed by atoms with Gasteiger partial charge in [0.15, 0.2) is 0 Å². The standard InChI is InChI=1S/C20H26N2O2/c1-5-6-13(4)19(12(2)3)20(23)22-8-7-14(11-22)24-18-10-17(21)15-9-16(15)18/h5-6,9-10,14,16,18H,2,7-8,11,21H2,1,3-4H3/b6-5-,19-13+/t14-,16-,18?/m0/s1. The maximum Gasteiger partial charge on any atom is 0.254 e. The molecule has 0 aromatic heterocycles. The summed E-state index contributed by atoms with van der Waals surface area (Å²) in [5.41, 5.74) is 10.5. The molecule has 0 radical (unpaired) electrons. The quantitative estimate of drug-likeness (QED) is 0.624. The predicted molar refractivity (Wildman–Crippen MR) is 96.0 cm³/mol. The van der Waals surface area contributed by atoms with E-state index in [-0.39, 0.29) is 18.1 Å². The van der Waals surface area contributed by atoms with Gasteiger partial charge >= 0.3 is 0 Å². The minimum Gasteiger partial charge on any atom is -0.399 e. The zero-order chi connectivity index (χ0) is 17.4. The van der Waals surface area contributed by atoms with Gasteiger partial charge in [-0.3, -0.25) is 4.79 Å². The molecular formula is C20H26N2O2. The van der Waals surface area contributed by atoms with Gasteiger partial charge in [-0.05, 0) is 50.0 Å². The second-order valence-electron chi connectivity index (χ2n) is 6.87. The molecule has 24 heavy (non-hydrogen) atoms. The Kier molecular flexibility index (Phi) is 4.50. The Labute approximate surface area is 144 Å². The van der Waals surface area contributed by atoms with Gasteiger partial charge in [0.25, 0.3) is 5.91 Å². The lowest BCUT2D eigenvalue weighted by atomic mass is 10.0. The summed E-state index contributed by atoms with van der Waals surface area (Å²) in [4.78, 5) is 14.8. The lowest BCUT2D eigenvalue weighted by Crippen LogP contribution is -2.33. The number of ether oxygens (including phenoxy) is 1. The largest absolute Gasteiger partial charge is 0.399 e. The average Bonchev–Trinajstić information content (AvgIpc) is 3.08. The van der Waals surface area contributed by atoms with Crippen molar-refractivity contribution in [1.29, 1.82) is 0 Å². The Morgan fingerprint density at radius 2 is 2.17 bits per heavy atom. The molecule has 128 valence electrons. The third-order valence-electron chi connectivity index (χ3n) is 4.87. The van der Waals surface area contributed by atoms with Gasteiger partial charge in [-0.1, -0.05) is 24.8 Å². The minimum atomic E-state index is 0.0518. The van der Waals surface area contributed by atoms with E-state index in [0.717, 1.165) is 29.8 Å². The number of nitrogens with zero attached hydrogens (tertiary/aromatic N) is 1.